The van der Waals surface area contributed by atoms with Crippen LogP contribution in [0.5, 0.6) is 0 Å². The summed E-state index contributed by atoms with van der Waals surface area (Å²) in [5.74, 6) is 0. The zero-order chi connectivity index (χ0) is 37.0. The van der Waals surface area contributed by atoms with Crippen LogP contribution in [0.3, 0.4) is 0 Å². The molecule has 0 spiro atoms. The van der Waals surface area contributed by atoms with Crippen molar-refractivity contribution >= 4 is 71.4 Å². The van der Waals surface area contributed by atoms with Gasteiger partial charge in [-0.15, -0.1) is 0 Å². The summed E-state index contributed by atoms with van der Waals surface area (Å²) in [6, 6.07) is 71.3. The van der Waals surface area contributed by atoms with Gasteiger partial charge in [-0.25, -0.2) is 4.98 Å². The molecule has 9 aromatic carbocycles. The molecule has 0 aliphatic carbocycles. The van der Waals surface area contributed by atoms with Crippen LogP contribution in [0.2, 0.25) is 0 Å². The van der Waals surface area contributed by atoms with Gasteiger partial charge in [-0.2, -0.15) is 0 Å². The molecule has 0 unspecified atom stereocenters. The summed E-state index contributed by atoms with van der Waals surface area (Å²) in [6.45, 7) is 0. The van der Waals surface area contributed by atoms with Crippen molar-refractivity contribution in [1.29, 1.82) is 0 Å². The van der Waals surface area contributed by atoms with Gasteiger partial charge in [-0.05, 0) is 82.6 Å². The summed E-state index contributed by atoms with van der Waals surface area (Å²) in [5.41, 5.74) is 12.8. The van der Waals surface area contributed by atoms with Crippen LogP contribution in [0.1, 0.15) is 0 Å². The van der Waals surface area contributed by atoms with Gasteiger partial charge >= 0.3 is 0 Å². The van der Waals surface area contributed by atoms with Gasteiger partial charge in [0.15, 0.2) is 0 Å². The van der Waals surface area contributed by atoms with E-state index in [4.69, 9.17) is 9.97 Å². The van der Waals surface area contributed by atoms with Crippen molar-refractivity contribution in [2.75, 3.05) is 4.90 Å². The molecule has 0 aliphatic heterocycles. The van der Waals surface area contributed by atoms with E-state index in [2.05, 4.69) is 210 Å². The highest BCUT2D eigenvalue weighted by atomic mass is 15.1. The predicted molar refractivity (Wildman–Crippen MR) is 234 cm³/mol. The Morgan fingerprint density at radius 3 is 1.54 bits per heavy atom. The Morgan fingerprint density at radius 2 is 0.857 bits per heavy atom. The minimum Gasteiger partial charge on any atom is -0.310 e. The molecule has 0 saturated heterocycles. The Hall–Kier alpha value is -7.56. The summed E-state index contributed by atoms with van der Waals surface area (Å²) >= 11 is 0. The Bertz CT molecular complexity index is 3190. The minimum absolute atomic E-state index is 0.846. The fraction of sp³-hybridized carbons (Fsp3) is 0. The molecule has 0 N–H and O–H groups in total. The number of rotatable bonds is 6. The highest BCUT2D eigenvalue weighted by Crippen LogP contribution is 2.41. The van der Waals surface area contributed by atoms with Crippen LogP contribution in [0.4, 0.5) is 17.1 Å². The average molecular weight is 715 g/mol. The highest BCUT2D eigenvalue weighted by Gasteiger charge is 2.18. The number of nitrogens with zero attached hydrogens (tertiary/aromatic N) is 4. The van der Waals surface area contributed by atoms with Crippen molar-refractivity contribution in [3.63, 3.8) is 0 Å². The van der Waals surface area contributed by atoms with Gasteiger partial charge in [-0.3, -0.25) is 4.98 Å². The van der Waals surface area contributed by atoms with Crippen molar-refractivity contribution in [3.8, 4) is 28.1 Å². The first kappa shape index (κ1) is 31.9. The van der Waals surface area contributed by atoms with E-state index in [9.17, 15) is 0 Å². The van der Waals surface area contributed by atoms with Gasteiger partial charge in [0.25, 0.3) is 0 Å². The fourth-order valence-electron chi connectivity index (χ4n) is 8.38. The Morgan fingerprint density at radius 1 is 0.357 bits per heavy atom. The van der Waals surface area contributed by atoms with E-state index >= 15 is 0 Å². The van der Waals surface area contributed by atoms with Crippen LogP contribution in [0, 0.1) is 0 Å². The van der Waals surface area contributed by atoms with Gasteiger partial charge in [-0.1, -0.05) is 140 Å². The van der Waals surface area contributed by atoms with Gasteiger partial charge in [0, 0.05) is 49.9 Å². The van der Waals surface area contributed by atoms with Gasteiger partial charge < -0.3 is 9.47 Å². The highest BCUT2D eigenvalue weighted by molar-refractivity contribution is 6.23. The van der Waals surface area contributed by atoms with E-state index in [0.717, 1.165) is 55.8 Å². The van der Waals surface area contributed by atoms with E-state index < -0.39 is 0 Å². The summed E-state index contributed by atoms with van der Waals surface area (Å²) < 4.78 is 2.36. The van der Waals surface area contributed by atoms with Crippen LogP contribution in [0.15, 0.2) is 206 Å². The lowest BCUT2D eigenvalue weighted by atomic mass is 9.99. The molecule has 262 valence electrons. The molecule has 0 amide bonds. The molecular weight excluding hydrogens is 681 g/mol. The molecule has 11 aromatic rings. The lowest BCUT2D eigenvalue weighted by molar-refractivity contribution is 1.18. The maximum atomic E-state index is 5.27. The molecule has 0 aliphatic rings. The summed E-state index contributed by atoms with van der Waals surface area (Å²) in [5, 5.41) is 7.04. The largest absolute Gasteiger partial charge is 0.310 e. The maximum absolute atomic E-state index is 5.27. The maximum Gasteiger partial charge on any atom is 0.0979 e. The van der Waals surface area contributed by atoms with Crippen LogP contribution in [-0.4, -0.2) is 14.5 Å². The number of fused-ring (bicyclic) bond motifs is 9. The topological polar surface area (TPSA) is 34.0 Å². The minimum atomic E-state index is 0.846. The standard InChI is InChI=1S/C52H34N4/c1-3-13-35(14-4-1)36-23-27-39(28-24-36)55(41-31-32-50-47(33-41)44-19-11-12-22-49(44)56(50)38-15-5-2-6-16-38)40-29-25-37(26-30-40)48-34-53-51-45-20-9-7-17-42(45)43-18-8-10-21-46(43)52(51)54-48/h1-34H. The van der Waals surface area contributed by atoms with Crippen molar-refractivity contribution in [1.82, 2.24) is 14.5 Å². The molecule has 2 aromatic heterocycles. The molecule has 0 bridgehead atoms. The molecule has 0 saturated carbocycles. The van der Waals surface area contributed by atoms with Crippen molar-refractivity contribution in [2.45, 2.75) is 0 Å². The number of hydrogen-bond donors (Lipinski definition) is 0. The van der Waals surface area contributed by atoms with Crippen molar-refractivity contribution < 1.29 is 0 Å². The monoisotopic (exact) mass is 714 g/mol. The Labute approximate surface area is 324 Å². The van der Waals surface area contributed by atoms with Gasteiger partial charge in [0.2, 0.25) is 0 Å². The van der Waals surface area contributed by atoms with Gasteiger partial charge in [0.05, 0.1) is 34.0 Å². The number of hydrogen-bond acceptors (Lipinski definition) is 3. The molecule has 56 heavy (non-hydrogen) atoms. The fourth-order valence-corrected chi connectivity index (χ4v) is 8.38. The lowest BCUT2D eigenvalue weighted by Crippen LogP contribution is -2.10. The van der Waals surface area contributed by atoms with Crippen molar-refractivity contribution in [2.24, 2.45) is 0 Å². The number of aromatic nitrogens is 3. The third-order valence-corrected chi connectivity index (χ3v) is 11.0. The molecule has 0 fully saturated rings. The normalized spacial score (nSPS) is 11.6. The first-order valence-electron chi connectivity index (χ1n) is 19.0. The summed E-state index contributed by atoms with van der Waals surface area (Å²) in [6.07, 6.45) is 1.91. The zero-order valence-electron chi connectivity index (χ0n) is 30.4. The lowest BCUT2D eigenvalue weighted by Gasteiger charge is -2.26. The van der Waals surface area contributed by atoms with Crippen LogP contribution >= 0.6 is 0 Å². The smallest absolute Gasteiger partial charge is 0.0979 e. The van der Waals surface area contributed by atoms with Gasteiger partial charge in [0.1, 0.15) is 0 Å². The van der Waals surface area contributed by atoms with E-state index in [0.29, 0.717) is 0 Å². The Kier molecular flexibility index (Phi) is 7.46. The Balaban J connectivity index is 1.05. The molecule has 2 heterocycles. The SMILES string of the molecule is c1ccc(-c2ccc(N(c3ccc(-c4cnc5c6ccccc6c6ccccc6c5n4)cc3)c3ccc4c(c3)c3ccccc3n4-c3ccccc3)cc2)cc1. The van der Waals surface area contributed by atoms with Crippen molar-refractivity contribution in [3.05, 3.63) is 206 Å². The van der Waals surface area contributed by atoms with E-state index in [1.807, 2.05) is 6.20 Å². The quantitative estimate of drug-likeness (QED) is 0.161. The molecule has 4 nitrogen and oxygen atoms in total. The number of anilines is 3. The summed E-state index contributed by atoms with van der Waals surface area (Å²) in [4.78, 5) is 12.6. The second-order valence-corrected chi connectivity index (χ2v) is 14.2. The first-order chi connectivity index (χ1) is 27.8. The third kappa shape index (κ3) is 5.23. The first-order valence-corrected chi connectivity index (χ1v) is 19.0. The predicted octanol–water partition coefficient (Wildman–Crippen LogP) is 13.8. The molecule has 11 rings (SSSR count). The molecule has 0 atom stereocenters. The number of para-hydroxylation sites is 2. The zero-order valence-corrected chi connectivity index (χ0v) is 30.4. The van der Waals surface area contributed by atoms with Crippen LogP contribution in [-0.2, 0) is 0 Å². The van der Waals surface area contributed by atoms with E-state index in [1.165, 1.54) is 43.7 Å². The molecular formula is C52H34N4. The van der Waals surface area contributed by atoms with Crippen LogP contribution < -0.4 is 4.90 Å². The van der Waals surface area contributed by atoms with E-state index in [-0.39, 0.29) is 0 Å². The van der Waals surface area contributed by atoms with Crippen LogP contribution in [0.25, 0.3) is 82.5 Å². The second kappa shape index (κ2) is 13.1. The molecule has 4 heteroatoms. The third-order valence-electron chi connectivity index (χ3n) is 11.0. The average Bonchev–Trinajstić information content (AvgIpc) is 3.61. The molecule has 0 radical (unpaired) electrons. The summed E-state index contributed by atoms with van der Waals surface area (Å²) in [7, 11) is 0. The van der Waals surface area contributed by atoms with E-state index in [1.54, 1.807) is 0 Å². The number of benzene rings is 9. The second-order valence-electron chi connectivity index (χ2n) is 14.2.